The highest BCUT2D eigenvalue weighted by Crippen LogP contribution is 2.25. The highest BCUT2D eigenvalue weighted by molar-refractivity contribution is 5.32. The van der Waals surface area contributed by atoms with E-state index in [1.807, 2.05) is 12.1 Å². The first-order chi connectivity index (χ1) is 7.84. The summed E-state index contributed by atoms with van der Waals surface area (Å²) in [6.07, 6.45) is 2.45. The molecule has 1 rings (SSSR count). The molecular formula is C13H23N3O. The Labute approximate surface area is 103 Å². The van der Waals surface area contributed by atoms with Crippen molar-refractivity contribution in [3.63, 3.8) is 0 Å². The van der Waals surface area contributed by atoms with Crippen molar-refractivity contribution in [2.24, 2.45) is 11.1 Å². The second-order valence-corrected chi connectivity index (χ2v) is 5.48. The van der Waals surface area contributed by atoms with Crippen LogP contribution in [0.25, 0.3) is 0 Å². The summed E-state index contributed by atoms with van der Waals surface area (Å²) < 4.78 is 5.51. The van der Waals surface area contributed by atoms with Crippen molar-refractivity contribution >= 4 is 5.82 Å². The predicted octanol–water partition coefficient (Wildman–Crippen LogP) is 1.59. The van der Waals surface area contributed by atoms with Gasteiger partial charge in [0.05, 0.1) is 6.10 Å². The van der Waals surface area contributed by atoms with Crippen molar-refractivity contribution in [2.75, 3.05) is 12.8 Å². The summed E-state index contributed by atoms with van der Waals surface area (Å²) >= 11 is 0. The van der Waals surface area contributed by atoms with Gasteiger partial charge in [-0.15, -0.1) is 0 Å². The van der Waals surface area contributed by atoms with E-state index < -0.39 is 0 Å². The first kappa shape index (κ1) is 13.9. The molecule has 0 radical (unpaired) electrons. The molecule has 1 aromatic heterocycles. The lowest BCUT2D eigenvalue weighted by atomic mass is 9.83. The van der Waals surface area contributed by atoms with E-state index in [1.165, 1.54) is 0 Å². The molecule has 0 aliphatic carbocycles. The molecule has 2 atom stereocenters. The molecular weight excluding hydrogens is 214 g/mol. The van der Waals surface area contributed by atoms with Gasteiger partial charge in [0.1, 0.15) is 5.82 Å². The summed E-state index contributed by atoms with van der Waals surface area (Å²) in [7, 11) is 1.71. The lowest BCUT2D eigenvalue weighted by Crippen LogP contribution is -2.46. The maximum atomic E-state index is 6.21. The summed E-state index contributed by atoms with van der Waals surface area (Å²) in [4.78, 5) is 3.97. The second kappa shape index (κ2) is 5.47. The monoisotopic (exact) mass is 237 g/mol. The van der Waals surface area contributed by atoms with Crippen molar-refractivity contribution in [3.05, 3.63) is 23.9 Å². The molecule has 0 aliphatic heterocycles. The van der Waals surface area contributed by atoms with E-state index >= 15 is 0 Å². The van der Waals surface area contributed by atoms with E-state index in [0.29, 0.717) is 5.82 Å². The number of rotatable bonds is 4. The van der Waals surface area contributed by atoms with Crippen molar-refractivity contribution in [3.8, 4) is 0 Å². The van der Waals surface area contributed by atoms with Gasteiger partial charge in [-0.25, -0.2) is 4.98 Å². The van der Waals surface area contributed by atoms with Gasteiger partial charge in [0.2, 0.25) is 0 Å². The fourth-order valence-corrected chi connectivity index (χ4v) is 2.17. The lowest BCUT2D eigenvalue weighted by Gasteiger charge is -2.34. The molecule has 0 amide bonds. The molecule has 0 fully saturated rings. The van der Waals surface area contributed by atoms with Crippen LogP contribution in [0, 0.1) is 5.41 Å². The number of hydrogen-bond acceptors (Lipinski definition) is 4. The van der Waals surface area contributed by atoms with E-state index in [2.05, 4.69) is 25.8 Å². The summed E-state index contributed by atoms with van der Waals surface area (Å²) in [5.41, 5.74) is 13.0. The average molecular weight is 237 g/mol. The number of ether oxygens (including phenoxy) is 1. The Balaban J connectivity index is 2.74. The minimum absolute atomic E-state index is 0.0110. The minimum atomic E-state index is -0.0539. The van der Waals surface area contributed by atoms with Gasteiger partial charge in [-0.05, 0) is 29.5 Å². The Morgan fingerprint density at radius 1 is 1.41 bits per heavy atom. The van der Waals surface area contributed by atoms with Crippen LogP contribution in [-0.4, -0.2) is 24.2 Å². The molecule has 4 heteroatoms. The normalized spacial score (nSPS) is 15.6. The Kier molecular flexibility index (Phi) is 4.48. The molecule has 4 N–H and O–H groups in total. The number of nitrogens with two attached hydrogens (primary N) is 2. The summed E-state index contributed by atoms with van der Waals surface area (Å²) in [5.74, 6) is 0.527. The average Bonchev–Trinajstić information content (AvgIpc) is 2.15. The van der Waals surface area contributed by atoms with Crippen molar-refractivity contribution in [2.45, 2.75) is 39.3 Å². The highest BCUT2D eigenvalue weighted by atomic mass is 16.5. The van der Waals surface area contributed by atoms with Crippen molar-refractivity contribution < 1.29 is 4.74 Å². The van der Waals surface area contributed by atoms with Crippen LogP contribution in [0.2, 0.25) is 0 Å². The summed E-state index contributed by atoms with van der Waals surface area (Å²) in [5, 5.41) is 0. The minimum Gasteiger partial charge on any atom is -0.384 e. The van der Waals surface area contributed by atoms with E-state index in [0.717, 1.165) is 12.0 Å². The number of hydrogen-bond donors (Lipinski definition) is 2. The number of anilines is 1. The zero-order valence-electron chi connectivity index (χ0n) is 11.1. The van der Waals surface area contributed by atoms with Crippen LogP contribution in [0.5, 0.6) is 0 Å². The third-order valence-electron chi connectivity index (χ3n) is 2.81. The molecule has 2 unspecified atom stereocenters. The van der Waals surface area contributed by atoms with E-state index in [9.17, 15) is 0 Å². The molecule has 17 heavy (non-hydrogen) atoms. The lowest BCUT2D eigenvalue weighted by molar-refractivity contribution is -0.00165. The van der Waals surface area contributed by atoms with Gasteiger partial charge < -0.3 is 16.2 Å². The zero-order valence-corrected chi connectivity index (χ0v) is 11.1. The molecule has 1 aromatic rings. The maximum Gasteiger partial charge on any atom is 0.123 e. The van der Waals surface area contributed by atoms with Crippen LogP contribution in [0.4, 0.5) is 5.82 Å². The largest absolute Gasteiger partial charge is 0.384 e. The Hall–Kier alpha value is -1.13. The molecule has 0 saturated heterocycles. The fourth-order valence-electron chi connectivity index (χ4n) is 2.17. The zero-order chi connectivity index (χ0) is 13.1. The van der Waals surface area contributed by atoms with Crippen LogP contribution in [0.3, 0.4) is 0 Å². The van der Waals surface area contributed by atoms with Crippen LogP contribution in [-0.2, 0) is 11.2 Å². The third-order valence-corrected chi connectivity index (χ3v) is 2.81. The van der Waals surface area contributed by atoms with Gasteiger partial charge in [0.25, 0.3) is 0 Å². The second-order valence-electron chi connectivity index (χ2n) is 5.48. The Morgan fingerprint density at radius 2 is 2.06 bits per heavy atom. The van der Waals surface area contributed by atoms with Gasteiger partial charge in [-0.1, -0.05) is 20.8 Å². The van der Waals surface area contributed by atoms with Gasteiger partial charge in [-0.3, -0.25) is 0 Å². The fraction of sp³-hybridized carbons (Fsp3) is 0.615. The molecule has 0 saturated carbocycles. The Morgan fingerprint density at radius 3 is 2.53 bits per heavy atom. The summed E-state index contributed by atoms with van der Waals surface area (Å²) in [6, 6.07) is 3.74. The number of methoxy groups -OCH3 is 1. The van der Waals surface area contributed by atoms with Crippen molar-refractivity contribution in [1.82, 2.24) is 4.98 Å². The first-order valence-corrected chi connectivity index (χ1v) is 5.83. The molecule has 1 heterocycles. The number of aromatic nitrogens is 1. The standard InChI is InChI=1S/C13H23N3O/c1-13(2,3)12(17-4)10(14)7-9-5-6-16-11(15)8-9/h5-6,8,10,12H,7,14H2,1-4H3,(H2,15,16). The first-order valence-electron chi connectivity index (χ1n) is 5.83. The highest BCUT2D eigenvalue weighted by Gasteiger charge is 2.30. The van der Waals surface area contributed by atoms with Crippen LogP contribution < -0.4 is 11.5 Å². The number of nitrogen functional groups attached to an aromatic ring is 1. The number of nitrogens with zero attached hydrogens (tertiary/aromatic N) is 1. The predicted molar refractivity (Wildman–Crippen MR) is 70.6 cm³/mol. The van der Waals surface area contributed by atoms with Crippen LogP contribution in [0.1, 0.15) is 26.3 Å². The number of pyridine rings is 1. The SMILES string of the molecule is COC(C(N)Cc1ccnc(N)c1)C(C)(C)C. The smallest absolute Gasteiger partial charge is 0.123 e. The molecule has 96 valence electrons. The van der Waals surface area contributed by atoms with Gasteiger partial charge >= 0.3 is 0 Å². The summed E-state index contributed by atoms with van der Waals surface area (Å²) in [6.45, 7) is 6.38. The molecule has 0 spiro atoms. The van der Waals surface area contributed by atoms with E-state index in [4.69, 9.17) is 16.2 Å². The molecule has 0 aliphatic rings. The van der Waals surface area contributed by atoms with E-state index in [1.54, 1.807) is 13.3 Å². The van der Waals surface area contributed by atoms with Gasteiger partial charge in [0, 0.05) is 19.3 Å². The van der Waals surface area contributed by atoms with Crippen LogP contribution >= 0.6 is 0 Å². The molecule has 4 nitrogen and oxygen atoms in total. The molecule has 0 aromatic carbocycles. The molecule has 0 bridgehead atoms. The Bertz CT molecular complexity index is 360. The van der Waals surface area contributed by atoms with E-state index in [-0.39, 0.29) is 17.6 Å². The topological polar surface area (TPSA) is 74.2 Å². The van der Waals surface area contributed by atoms with Gasteiger partial charge in [-0.2, -0.15) is 0 Å². The quantitative estimate of drug-likeness (QED) is 0.834. The van der Waals surface area contributed by atoms with Crippen molar-refractivity contribution in [1.29, 1.82) is 0 Å². The van der Waals surface area contributed by atoms with Crippen LogP contribution in [0.15, 0.2) is 18.3 Å². The van der Waals surface area contributed by atoms with Gasteiger partial charge in [0.15, 0.2) is 0 Å². The third kappa shape index (κ3) is 3.98. The maximum absolute atomic E-state index is 6.21.